The number of piperidine rings is 1. The SMILES string of the molecule is CSC1=NC2CCNCC2C(=O)N1c1ccccc1. The first kappa shape index (κ1) is 12.7. The fourth-order valence-electron chi connectivity index (χ4n) is 2.67. The molecule has 1 aromatic carbocycles. The number of amides is 1. The van der Waals surface area contributed by atoms with Crippen LogP contribution in [0.3, 0.4) is 0 Å². The molecule has 19 heavy (non-hydrogen) atoms. The van der Waals surface area contributed by atoms with Crippen molar-refractivity contribution in [2.75, 3.05) is 24.2 Å². The molecule has 0 spiro atoms. The largest absolute Gasteiger partial charge is 0.316 e. The van der Waals surface area contributed by atoms with Gasteiger partial charge in [-0.3, -0.25) is 14.7 Å². The lowest BCUT2D eigenvalue weighted by atomic mass is 9.91. The number of nitrogens with zero attached hydrogens (tertiary/aromatic N) is 2. The summed E-state index contributed by atoms with van der Waals surface area (Å²) in [4.78, 5) is 19.3. The Balaban J connectivity index is 2.00. The average Bonchev–Trinajstić information content (AvgIpc) is 2.48. The van der Waals surface area contributed by atoms with Gasteiger partial charge in [0, 0.05) is 6.54 Å². The number of nitrogens with one attached hydrogen (secondary N) is 1. The maximum atomic E-state index is 12.7. The van der Waals surface area contributed by atoms with Crippen molar-refractivity contribution in [3.05, 3.63) is 30.3 Å². The summed E-state index contributed by atoms with van der Waals surface area (Å²) < 4.78 is 0. The molecule has 2 aliphatic heterocycles. The van der Waals surface area contributed by atoms with Gasteiger partial charge in [-0.25, -0.2) is 0 Å². The maximum Gasteiger partial charge on any atom is 0.239 e. The zero-order valence-corrected chi connectivity index (χ0v) is 11.7. The van der Waals surface area contributed by atoms with Crippen LogP contribution in [0.4, 0.5) is 5.69 Å². The molecule has 1 fully saturated rings. The molecule has 2 heterocycles. The quantitative estimate of drug-likeness (QED) is 0.849. The van der Waals surface area contributed by atoms with Gasteiger partial charge in [-0.05, 0) is 31.4 Å². The minimum Gasteiger partial charge on any atom is -0.316 e. The van der Waals surface area contributed by atoms with E-state index in [2.05, 4.69) is 5.32 Å². The average molecular weight is 275 g/mol. The van der Waals surface area contributed by atoms with Gasteiger partial charge in [0.2, 0.25) is 5.91 Å². The van der Waals surface area contributed by atoms with E-state index in [1.54, 1.807) is 16.7 Å². The van der Waals surface area contributed by atoms with Crippen LogP contribution in [0.25, 0.3) is 0 Å². The van der Waals surface area contributed by atoms with E-state index < -0.39 is 0 Å². The molecule has 1 aromatic rings. The van der Waals surface area contributed by atoms with Crippen LogP contribution in [0.1, 0.15) is 6.42 Å². The van der Waals surface area contributed by atoms with Crippen molar-refractivity contribution in [3.8, 4) is 0 Å². The lowest BCUT2D eigenvalue weighted by Gasteiger charge is -2.38. The van der Waals surface area contributed by atoms with E-state index in [-0.39, 0.29) is 17.9 Å². The van der Waals surface area contributed by atoms with Crippen molar-refractivity contribution in [2.24, 2.45) is 10.9 Å². The van der Waals surface area contributed by atoms with Crippen molar-refractivity contribution in [1.29, 1.82) is 0 Å². The third-order valence-corrected chi connectivity index (χ3v) is 4.30. The minimum atomic E-state index is -0.0233. The highest BCUT2D eigenvalue weighted by molar-refractivity contribution is 8.13. The van der Waals surface area contributed by atoms with Gasteiger partial charge in [0.05, 0.1) is 17.6 Å². The second kappa shape index (κ2) is 5.35. The van der Waals surface area contributed by atoms with Gasteiger partial charge in [-0.15, -0.1) is 0 Å². The molecule has 2 aliphatic rings. The number of benzene rings is 1. The molecule has 1 N–H and O–H groups in total. The van der Waals surface area contributed by atoms with E-state index in [0.717, 1.165) is 30.4 Å². The second-order valence-electron chi connectivity index (χ2n) is 4.79. The summed E-state index contributed by atoms with van der Waals surface area (Å²) in [7, 11) is 0. The zero-order valence-electron chi connectivity index (χ0n) is 10.9. The number of carbonyl (C=O) groups excluding carboxylic acids is 1. The number of anilines is 1. The number of rotatable bonds is 1. The smallest absolute Gasteiger partial charge is 0.239 e. The van der Waals surface area contributed by atoms with Gasteiger partial charge >= 0.3 is 0 Å². The van der Waals surface area contributed by atoms with Crippen molar-refractivity contribution in [2.45, 2.75) is 12.5 Å². The minimum absolute atomic E-state index is 0.0233. The monoisotopic (exact) mass is 275 g/mol. The van der Waals surface area contributed by atoms with E-state index in [1.807, 2.05) is 36.6 Å². The highest BCUT2D eigenvalue weighted by Crippen LogP contribution is 2.30. The third kappa shape index (κ3) is 2.28. The van der Waals surface area contributed by atoms with Crippen molar-refractivity contribution < 1.29 is 4.79 Å². The Morgan fingerprint density at radius 1 is 1.37 bits per heavy atom. The summed E-state index contributed by atoms with van der Waals surface area (Å²) in [6, 6.07) is 9.92. The predicted molar refractivity (Wildman–Crippen MR) is 79.6 cm³/mol. The summed E-state index contributed by atoms with van der Waals surface area (Å²) in [6.45, 7) is 1.68. The highest BCUT2D eigenvalue weighted by Gasteiger charge is 2.40. The number of aliphatic imine (C=N–C) groups is 1. The molecule has 3 rings (SSSR count). The van der Waals surface area contributed by atoms with Crippen LogP contribution >= 0.6 is 11.8 Å². The number of hydrogen-bond acceptors (Lipinski definition) is 4. The van der Waals surface area contributed by atoms with Crippen LogP contribution in [-0.2, 0) is 4.79 Å². The molecule has 2 unspecified atom stereocenters. The Kier molecular flexibility index (Phi) is 3.57. The fraction of sp³-hybridized carbons (Fsp3) is 0.429. The molecule has 2 atom stereocenters. The van der Waals surface area contributed by atoms with Crippen molar-refractivity contribution in [3.63, 3.8) is 0 Å². The molecule has 0 aromatic heterocycles. The maximum absolute atomic E-state index is 12.7. The number of thioether (sulfide) groups is 1. The van der Waals surface area contributed by atoms with Crippen LogP contribution in [0.15, 0.2) is 35.3 Å². The van der Waals surface area contributed by atoms with Crippen LogP contribution in [0.2, 0.25) is 0 Å². The van der Waals surface area contributed by atoms with Gasteiger partial charge < -0.3 is 5.32 Å². The summed E-state index contributed by atoms with van der Waals surface area (Å²) in [5, 5.41) is 4.11. The van der Waals surface area contributed by atoms with Gasteiger partial charge in [0.25, 0.3) is 0 Å². The predicted octanol–water partition coefficient (Wildman–Crippen LogP) is 1.73. The normalized spacial score (nSPS) is 26.9. The van der Waals surface area contributed by atoms with Gasteiger partial charge in [-0.1, -0.05) is 30.0 Å². The third-order valence-electron chi connectivity index (χ3n) is 3.65. The molecule has 0 saturated carbocycles. The Morgan fingerprint density at radius 3 is 2.89 bits per heavy atom. The van der Waals surface area contributed by atoms with Crippen LogP contribution < -0.4 is 10.2 Å². The van der Waals surface area contributed by atoms with E-state index in [0.29, 0.717) is 0 Å². The molecule has 0 bridgehead atoms. The Morgan fingerprint density at radius 2 is 2.16 bits per heavy atom. The summed E-state index contributed by atoms with van der Waals surface area (Å²) in [5.74, 6) is 0.146. The number of para-hydroxylation sites is 1. The first-order valence-electron chi connectivity index (χ1n) is 6.53. The number of hydrogen-bond donors (Lipinski definition) is 1. The van der Waals surface area contributed by atoms with Crippen LogP contribution in [0.5, 0.6) is 0 Å². The van der Waals surface area contributed by atoms with Crippen LogP contribution in [-0.4, -0.2) is 36.5 Å². The first-order chi connectivity index (χ1) is 9.31. The Hall–Kier alpha value is -1.33. The summed E-state index contributed by atoms with van der Waals surface area (Å²) in [5.41, 5.74) is 0.907. The lowest BCUT2D eigenvalue weighted by Crippen LogP contribution is -2.54. The lowest BCUT2D eigenvalue weighted by molar-refractivity contribution is -0.122. The Labute approximate surface area is 117 Å². The van der Waals surface area contributed by atoms with E-state index in [9.17, 15) is 4.79 Å². The second-order valence-corrected chi connectivity index (χ2v) is 5.57. The van der Waals surface area contributed by atoms with Gasteiger partial charge in [-0.2, -0.15) is 0 Å². The molecule has 4 nitrogen and oxygen atoms in total. The molecule has 5 heteroatoms. The van der Waals surface area contributed by atoms with E-state index in [1.165, 1.54) is 0 Å². The fourth-order valence-corrected chi connectivity index (χ4v) is 3.29. The zero-order chi connectivity index (χ0) is 13.2. The highest BCUT2D eigenvalue weighted by atomic mass is 32.2. The summed E-state index contributed by atoms with van der Waals surface area (Å²) >= 11 is 1.54. The van der Waals surface area contributed by atoms with Gasteiger partial charge in [0.1, 0.15) is 0 Å². The molecule has 100 valence electrons. The molecule has 1 saturated heterocycles. The van der Waals surface area contributed by atoms with E-state index in [4.69, 9.17) is 4.99 Å². The topological polar surface area (TPSA) is 44.7 Å². The van der Waals surface area contributed by atoms with Crippen molar-refractivity contribution >= 4 is 28.5 Å². The molecule has 0 aliphatic carbocycles. The molecule has 0 radical (unpaired) electrons. The van der Waals surface area contributed by atoms with Crippen LogP contribution in [0, 0.1) is 5.92 Å². The van der Waals surface area contributed by atoms with E-state index >= 15 is 0 Å². The number of fused-ring (bicyclic) bond motifs is 1. The standard InChI is InChI=1S/C14H17N3OS/c1-19-14-16-12-7-8-15-9-11(12)13(18)17(14)10-5-3-2-4-6-10/h2-6,11-12,15H,7-9H2,1H3. The van der Waals surface area contributed by atoms with Gasteiger partial charge in [0.15, 0.2) is 5.17 Å². The van der Waals surface area contributed by atoms with Crippen molar-refractivity contribution in [1.82, 2.24) is 5.32 Å². The molecule has 1 amide bonds. The number of amidine groups is 1. The Bertz CT molecular complexity index is 503. The first-order valence-corrected chi connectivity index (χ1v) is 7.75. The molecular weight excluding hydrogens is 258 g/mol. The summed E-state index contributed by atoms with van der Waals surface area (Å²) in [6.07, 6.45) is 2.92. The number of carbonyl (C=O) groups is 1. The molecular formula is C14H17N3OS.